The molecule has 0 fully saturated rings. The van der Waals surface area contributed by atoms with Gasteiger partial charge in [0.15, 0.2) is 0 Å². The zero-order valence-electron chi connectivity index (χ0n) is 12.4. The number of amides is 1. The fourth-order valence-electron chi connectivity index (χ4n) is 1.92. The van der Waals surface area contributed by atoms with E-state index >= 15 is 0 Å². The fourth-order valence-corrected chi connectivity index (χ4v) is 2.04. The van der Waals surface area contributed by atoms with Crippen molar-refractivity contribution < 1.29 is 43.1 Å². The molecule has 0 saturated heterocycles. The van der Waals surface area contributed by atoms with E-state index in [4.69, 9.17) is 11.6 Å². The molecule has 0 N–H and O–H groups in total. The normalized spacial score (nSPS) is 11.2. The Morgan fingerprint density at radius 1 is 1.35 bits per heavy atom. The topological polar surface area (TPSA) is 20.3 Å². The van der Waals surface area contributed by atoms with Crippen LogP contribution in [0.4, 0.5) is 14.5 Å². The minimum Gasteiger partial charge on any atom is -0.402 e. The largest absolute Gasteiger partial charge is 1.00 e. The number of anilines is 1. The van der Waals surface area contributed by atoms with Crippen molar-refractivity contribution in [3.63, 3.8) is 0 Å². The predicted molar refractivity (Wildman–Crippen MR) is 73.5 cm³/mol. The molecule has 0 aliphatic rings. The number of rotatable bonds is 3. The number of hydrogen-bond donors (Lipinski definition) is 0. The second-order valence-corrected chi connectivity index (χ2v) is 5.59. The maximum Gasteiger partial charge on any atom is 1.00 e. The van der Waals surface area contributed by atoms with E-state index in [-0.39, 0.29) is 40.7 Å². The summed E-state index contributed by atoms with van der Waals surface area (Å²) in [6.07, 6.45) is 0. The van der Waals surface area contributed by atoms with Gasteiger partial charge in [-0.05, 0) is 23.5 Å². The Bertz CT molecular complexity index is 475. The van der Waals surface area contributed by atoms with Gasteiger partial charge in [0, 0.05) is 5.69 Å². The van der Waals surface area contributed by atoms with Crippen LogP contribution < -0.4 is 34.5 Å². The van der Waals surface area contributed by atoms with Gasteiger partial charge >= 0.3 is 29.6 Å². The van der Waals surface area contributed by atoms with Gasteiger partial charge in [-0.25, -0.2) is 0 Å². The number of halogens is 3. The van der Waals surface area contributed by atoms with Gasteiger partial charge in [-0.2, -0.15) is 0 Å². The first kappa shape index (κ1) is 19.8. The minimum absolute atomic E-state index is 0. The molecule has 1 aromatic carbocycles. The standard InChI is InChI=1S/C14H17ClF2NO.Na/c1-9-6-5-7-10(14(2,3)4)12(9)18(13(16)17)11(19)8-15;/h5-7H,8H2,1-4H3;/q-1;+1. The third-order valence-electron chi connectivity index (χ3n) is 2.80. The molecule has 0 aliphatic heterocycles. The van der Waals surface area contributed by atoms with E-state index < -0.39 is 18.3 Å². The molecule has 0 heterocycles. The second-order valence-electron chi connectivity index (χ2n) is 5.32. The summed E-state index contributed by atoms with van der Waals surface area (Å²) in [5.74, 6) is -1.32. The van der Waals surface area contributed by atoms with Crippen LogP contribution in [-0.4, -0.2) is 11.8 Å². The molecule has 0 spiro atoms. The Balaban J connectivity index is 0.00000361. The Morgan fingerprint density at radius 2 is 1.90 bits per heavy atom. The number of aryl methyl sites for hydroxylation is 1. The van der Waals surface area contributed by atoms with E-state index in [1.54, 1.807) is 25.1 Å². The van der Waals surface area contributed by atoms with Crippen LogP contribution in [0.25, 0.3) is 0 Å². The molecule has 6 heteroatoms. The number of hydrogen-bond acceptors (Lipinski definition) is 1. The van der Waals surface area contributed by atoms with Crippen LogP contribution in [0, 0.1) is 13.5 Å². The van der Waals surface area contributed by atoms with Crippen molar-refractivity contribution in [2.75, 3.05) is 10.8 Å². The van der Waals surface area contributed by atoms with E-state index in [2.05, 4.69) is 0 Å². The van der Waals surface area contributed by atoms with Crippen molar-refractivity contribution in [3.8, 4) is 0 Å². The third kappa shape index (κ3) is 4.42. The molecule has 0 aliphatic carbocycles. The smallest absolute Gasteiger partial charge is 0.402 e. The van der Waals surface area contributed by atoms with Gasteiger partial charge < -0.3 is 13.7 Å². The summed E-state index contributed by atoms with van der Waals surface area (Å²) in [4.78, 5) is 12.1. The van der Waals surface area contributed by atoms with Crippen LogP contribution >= 0.6 is 11.6 Å². The van der Waals surface area contributed by atoms with Gasteiger partial charge in [0.05, 0.1) is 12.4 Å². The van der Waals surface area contributed by atoms with Crippen LogP contribution in [0.1, 0.15) is 31.9 Å². The molecule has 0 saturated carbocycles. The molecule has 106 valence electrons. The third-order valence-corrected chi connectivity index (χ3v) is 3.03. The minimum atomic E-state index is -2.06. The molecule has 1 aromatic rings. The molecule has 0 unspecified atom stereocenters. The van der Waals surface area contributed by atoms with Gasteiger partial charge in [-0.3, -0.25) is 4.79 Å². The molecular formula is C14H17ClF2NNaO. The molecule has 1 rings (SSSR count). The van der Waals surface area contributed by atoms with E-state index in [0.29, 0.717) is 16.0 Å². The maximum absolute atomic E-state index is 13.1. The number of carbonyl (C=O) groups excluding carboxylic acids is 1. The quantitative estimate of drug-likeness (QED) is 0.356. The Labute approximate surface area is 145 Å². The van der Waals surface area contributed by atoms with Crippen molar-refractivity contribution >= 4 is 23.2 Å². The molecule has 1 amide bonds. The number of benzene rings is 1. The second kappa shape index (κ2) is 7.74. The van der Waals surface area contributed by atoms with Gasteiger partial charge in [-0.15, -0.1) is 11.6 Å². The molecule has 0 bridgehead atoms. The van der Waals surface area contributed by atoms with E-state index in [9.17, 15) is 13.6 Å². The van der Waals surface area contributed by atoms with Crippen LogP contribution in [0.5, 0.6) is 0 Å². The average Bonchev–Trinajstić information content (AvgIpc) is 2.29. The molecular weight excluding hydrogens is 295 g/mol. The van der Waals surface area contributed by atoms with Crippen molar-refractivity contribution in [1.29, 1.82) is 0 Å². The maximum atomic E-state index is 13.1. The summed E-state index contributed by atoms with van der Waals surface area (Å²) in [7, 11) is 0. The summed E-state index contributed by atoms with van der Waals surface area (Å²) < 4.78 is 26.3. The van der Waals surface area contributed by atoms with E-state index in [0.717, 1.165) is 0 Å². The van der Waals surface area contributed by atoms with Gasteiger partial charge in [0.25, 0.3) is 0 Å². The zero-order valence-corrected chi connectivity index (χ0v) is 15.2. The van der Waals surface area contributed by atoms with E-state index in [1.165, 1.54) is 0 Å². The molecule has 2 nitrogen and oxygen atoms in total. The number of para-hydroxylation sites is 1. The molecule has 0 aromatic heterocycles. The monoisotopic (exact) mass is 311 g/mol. The Morgan fingerprint density at radius 3 is 2.30 bits per heavy atom. The van der Waals surface area contributed by atoms with Crippen LogP contribution in [0.3, 0.4) is 0 Å². The van der Waals surface area contributed by atoms with Crippen molar-refractivity contribution in [3.05, 3.63) is 35.9 Å². The van der Waals surface area contributed by atoms with Crippen LogP contribution in [0.15, 0.2) is 18.2 Å². The van der Waals surface area contributed by atoms with E-state index in [1.807, 2.05) is 20.8 Å². The SMILES string of the molecule is Cc1cccc(C(C)(C)C)c1N(C(=O)CCl)[C-](F)F.[Na+]. The van der Waals surface area contributed by atoms with Crippen LogP contribution in [0.2, 0.25) is 0 Å². The van der Waals surface area contributed by atoms with Gasteiger partial charge in [0.2, 0.25) is 5.91 Å². The van der Waals surface area contributed by atoms with Crippen LogP contribution in [-0.2, 0) is 10.2 Å². The fraction of sp³-hybridized carbons (Fsp3) is 0.429. The number of carbonyl (C=O) groups is 1. The molecule has 0 atom stereocenters. The predicted octanol–water partition coefficient (Wildman–Crippen LogP) is 1.25. The first-order valence-electron chi connectivity index (χ1n) is 5.87. The van der Waals surface area contributed by atoms with Gasteiger partial charge in [0.1, 0.15) is 0 Å². The zero-order chi connectivity index (χ0) is 14.8. The van der Waals surface area contributed by atoms with Gasteiger partial charge in [-0.1, -0.05) is 39.0 Å². The summed E-state index contributed by atoms with van der Waals surface area (Å²) in [6, 6.07) is 5.24. The summed E-state index contributed by atoms with van der Waals surface area (Å²) in [6.45, 7) is 5.35. The summed E-state index contributed by atoms with van der Waals surface area (Å²) in [5, 5.41) is 0. The van der Waals surface area contributed by atoms with Crippen molar-refractivity contribution in [2.45, 2.75) is 33.1 Å². The summed E-state index contributed by atoms with van der Waals surface area (Å²) >= 11 is 5.42. The summed E-state index contributed by atoms with van der Waals surface area (Å²) in [5.41, 5.74) is 1.15. The average molecular weight is 312 g/mol. The number of nitrogens with zero attached hydrogens (tertiary/aromatic N) is 1. The van der Waals surface area contributed by atoms with Crippen molar-refractivity contribution in [1.82, 2.24) is 0 Å². The molecule has 0 radical (unpaired) electrons. The first-order valence-corrected chi connectivity index (χ1v) is 6.40. The first-order chi connectivity index (χ1) is 8.70. The number of alkyl halides is 1. The molecule has 20 heavy (non-hydrogen) atoms. The van der Waals surface area contributed by atoms with Crippen molar-refractivity contribution in [2.24, 2.45) is 0 Å². The Kier molecular flexibility index (Phi) is 7.67. The Hall–Kier alpha value is -0.160.